The van der Waals surface area contributed by atoms with Gasteiger partial charge in [-0.25, -0.2) is 8.42 Å². The van der Waals surface area contributed by atoms with Gasteiger partial charge in [0.1, 0.15) is 5.75 Å². The first-order valence-corrected chi connectivity index (χ1v) is 12.8. The Hall–Kier alpha value is -1.54. The fourth-order valence-electron chi connectivity index (χ4n) is 4.44. The second-order valence-corrected chi connectivity index (χ2v) is 11.2. The molecule has 1 aliphatic heterocycles. The zero-order valence-electron chi connectivity index (χ0n) is 15.9. The molecular weight excluding hydrogens is 470 g/mol. The van der Waals surface area contributed by atoms with Crippen LogP contribution in [0.5, 0.6) is 5.75 Å². The van der Waals surface area contributed by atoms with Gasteiger partial charge in [-0.3, -0.25) is 0 Å². The molecule has 3 aromatic rings. The van der Waals surface area contributed by atoms with E-state index in [4.69, 9.17) is 4.74 Å². The van der Waals surface area contributed by atoms with Crippen LogP contribution in [0.1, 0.15) is 22.1 Å². The minimum absolute atomic E-state index is 0.299. The summed E-state index contributed by atoms with van der Waals surface area (Å²) in [5, 5.41) is 1.94. The average Bonchev–Trinajstić information content (AvgIpc) is 3.37. The summed E-state index contributed by atoms with van der Waals surface area (Å²) in [6, 6.07) is 15.7. The van der Waals surface area contributed by atoms with Gasteiger partial charge in [0.2, 0.25) is 10.0 Å². The highest BCUT2D eigenvalue weighted by Gasteiger charge is 2.40. The Balaban J connectivity index is 1.63. The van der Waals surface area contributed by atoms with Crippen LogP contribution in [0.3, 0.4) is 0 Å². The molecule has 7 heteroatoms. The smallest absolute Gasteiger partial charge is 0.244 e. The van der Waals surface area contributed by atoms with Gasteiger partial charge in [0, 0.05) is 22.3 Å². The highest BCUT2D eigenvalue weighted by Crippen LogP contribution is 2.46. The molecular formula is C22H20BrNO3S2. The van der Waals surface area contributed by atoms with Gasteiger partial charge in [-0.2, -0.15) is 4.31 Å². The van der Waals surface area contributed by atoms with E-state index in [9.17, 15) is 8.42 Å². The molecule has 150 valence electrons. The Morgan fingerprint density at radius 2 is 2.00 bits per heavy atom. The third-order valence-corrected chi connectivity index (χ3v) is 9.55. The van der Waals surface area contributed by atoms with E-state index in [-0.39, 0.29) is 5.37 Å². The molecule has 0 saturated carbocycles. The first kappa shape index (κ1) is 19.4. The largest absolute Gasteiger partial charge is 0.496 e. The normalized spacial score (nSPS) is 19.2. The second kappa shape index (κ2) is 7.30. The van der Waals surface area contributed by atoms with Crippen molar-refractivity contribution in [1.82, 2.24) is 4.31 Å². The number of rotatable bonds is 4. The molecule has 0 N–H and O–H groups in total. The van der Waals surface area contributed by atoms with Crippen molar-refractivity contribution >= 4 is 48.5 Å². The molecule has 5 rings (SSSR count). The lowest BCUT2D eigenvalue weighted by atomic mass is 10.1. The number of sulfonamides is 1. The summed E-state index contributed by atoms with van der Waals surface area (Å²) in [4.78, 5) is 0.455. The lowest BCUT2D eigenvalue weighted by molar-refractivity contribution is 0.390. The van der Waals surface area contributed by atoms with Gasteiger partial charge in [-0.05, 0) is 59.0 Å². The third-order valence-electron chi connectivity index (χ3n) is 5.73. The molecule has 0 bridgehead atoms. The van der Waals surface area contributed by atoms with Crippen molar-refractivity contribution < 1.29 is 13.2 Å². The number of benzene rings is 3. The van der Waals surface area contributed by atoms with Gasteiger partial charge in [0.05, 0.1) is 17.4 Å². The van der Waals surface area contributed by atoms with Gasteiger partial charge in [-0.15, -0.1) is 11.8 Å². The number of hydrogen-bond donors (Lipinski definition) is 0. The van der Waals surface area contributed by atoms with Gasteiger partial charge in [0.15, 0.2) is 0 Å². The van der Waals surface area contributed by atoms with E-state index < -0.39 is 10.0 Å². The number of aryl methyl sites for hydroxylation is 2. The second-order valence-electron chi connectivity index (χ2n) is 7.28. The van der Waals surface area contributed by atoms with E-state index in [2.05, 4.69) is 28.1 Å². The van der Waals surface area contributed by atoms with Crippen LogP contribution in [-0.4, -0.2) is 32.1 Å². The van der Waals surface area contributed by atoms with Crippen LogP contribution in [0.15, 0.2) is 57.9 Å². The van der Waals surface area contributed by atoms with Gasteiger partial charge in [-0.1, -0.05) is 40.2 Å². The summed E-state index contributed by atoms with van der Waals surface area (Å²) >= 11 is 5.15. The number of methoxy groups -OCH3 is 1. The molecule has 2 aliphatic rings. The first-order valence-electron chi connectivity index (χ1n) is 9.51. The molecule has 1 atom stereocenters. The van der Waals surface area contributed by atoms with E-state index in [1.807, 2.05) is 30.3 Å². The number of hydrogen-bond acceptors (Lipinski definition) is 4. The lowest BCUT2D eigenvalue weighted by Crippen LogP contribution is -2.31. The van der Waals surface area contributed by atoms with E-state index in [0.29, 0.717) is 17.2 Å². The van der Waals surface area contributed by atoms with E-state index in [1.165, 1.54) is 5.56 Å². The van der Waals surface area contributed by atoms with Crippen LogP contribution in [0.2, 0.25) is 0 Å². The van der Waals surface area contributed by atoms with Crippen molar-refractivity contribution in [2.45, 2.75) is 23.1 Å². The first-order chi connectivity index (χ1) is 14.0. The minimum atomic E-state index is -3.63. The molecule has 0 spiro atoms. The van der Waals surface area contributed by atoms with Crippen LogP contribution in [0.25, 0.3) is 10.8 Å². The quantitative estimate of drug-likeness (QED) is 0.508. The van der Waals surface area contributed by atoms with E-state index in [1.54, 1.807) is 29.2 Å². The highest BCUT2D eigenvalue weighted by atomic mass is 79.9. The van der Waals surface area contributed by atoms with Crippen molar-refractivity contribution in [3.8, 4) is 5.75 Å². The molecule has 0 amide bonds. The van der Waals surface area contributed by atoms with Crippen molar-refractivity contribution in [3.05, 3.63) is 69.7 Å². The van der Waals surface area contributed by atoms with Crippen molar-refractivity contribution in [1.29, 1.82) is 0 Å². The van der Waals surface area contributed by atoms with Gasteiger partial charge >= 0.3 is 0 Å². The number of halogens is 1. The highest BCUT2D eigenvalue weighted by molar-refractivity contribution is 9.10. The summed E-state index contributed by atoms with van der Waals surface area (Å²) in [5.74, 6) is 1.46. The molecule has 0 radical (unpaired) electrons. The molecule has 4 nitrogen and oxygen atoms in total. The number of thioether (sulfide) groups is 1. The number of ether oxygens (including phenoxy) is 1. The zero-order chi connectivity index (χ0) is 20.2. The lowest BCUT2D eigenvalue weighted by Gasteiger charge is -2.26. The van der Waals surface area contributed by atoms with Crippen molar-refractivity contribution in [3.63, 3.8) is 0 Å². The Bertz CT molecular complexity index is 1230. The molecule has 1 fully saturated rings. The van der Waals surface area contributed by atoms with Crippen LogP contribution in [0.4, 0.5) is 0 Å². The SMILES string of the molecule is COc1ccc(Br)cc1[C@@H]1SCCN1S(=O)(=O)c1ccc2cccc3c2c1CC3. The maximum Gasteiger partial charge on any atom is 0.244 e. The van der Waals surface area contributed by atoms with E-state index >= 15 is 0 Å². The Kier molecular flexibility index (Phi) is 4.89. The third kappa shape index (κ3) is 3.10. The Morgan fingerprint density at radius 3 is 2.83 bits per heavy atom. The molecule has 3 aromatic carbocycles. The molecule has 1 heterocycles. The van der Waals surface area contributed by atoms with Crippen LogP contribution in [0, 0.1) is 0 Å². The fourth-order valence-corrected chi connectivity index (χ4v) is 8.33. The fraction of sp³-hybridized carbons (Fsp3) is 0.273. The monoisotopic (exact) mass is 489 g/mol. The Labute approximate surface area is 183 Å². The maximum absolute atomic E-state index is 13.8. The Morgan fingerprint density at radius 1 is 1.14 bits per heavy atom. The predicted molar refractivity (Wildman–Crippen MR) is 121 cm³/mol. The minimum Gasteiger partial charge on any atom is -0.496 e. The van der Waals surface area contributed by atoms with E-state index in [0.717, 1.165) is 45.0 Å². The molecule has 1 aliphatic carbocycles. The summed E-state index contributed by atoms with van der Waals surface area (Å²) < 4.78 is 35.7. The standard InChI is InChI=1S/C22H20BrNO3S2/c1-27-19-9-7-16(23)13-18(19)22-24(11-12-28-22)29(25,26)20-10-6-15-4-2-3-14-5-8-17(20)21(14)15/h2-4,6-7,9-10,13,22H,5,8,11-12H2,1H3/t22-/m0/s1. The van der Waals surface area contributed by atoms with Gasteiger partial charge < -0.3 is 4.74 Å². The van der Waals surface area contributed by atoms with Crippen LogP contribution in [-0.2, 0) is 22.9 Å². The summed E-state index contributed by atoms with van der Waals surface area (Å²) in [6.07, 6.45) is 1.67. The maximum atomic E-state index is 13.8. The predicted octanol–water partition coefficient (Wildman–Crippen LogP) is 5.15. The van der Waals surface area contributed by atoms with Crippen LogP contribution < -0.4 is 4.74 Å². The topological polar surface area (TPSA) is 46.6 Å². The van der Waals surface area contributed by atoms with Crippen molar-refractivity contribution in [2.75, 3.05) is 19.4 Å². The number of nitrogens with zero attached hydrogens (tertiary/aromatic N) is 1. The van der Waals surface area contributed by atoms with Crippen LogP contribution >= 0.6 is 27.7 Å². The molecule has 1 saturated heterocycles. The molecule has 29 heavy (non-hydrogen) atoms. The zero-order valence-corrected chi connectivity index (χ0v) is 19.1. The van der Waals surface area contributed by atoms with Crippen molar-refractivity contribution in [2.24, 2.45) is 0 Å². The summed E-state index contributed by atoms with van der Waals surface area (Å²) in [7, 11) is -2.01. The molecule has 0 unspecified atom stereocenters. The summed E-state index contributed by atoms with van der Waals surface area (Å²) in [6.45, 7) is 0.493. The average molecular weight is 490 g/mol. The summed E-state index contributed by atoms with van der Waals surface area (Å²) in [5.41, 5.74) is 3.09. The molecule has 0 aromatic heterocycles. The van der Waals surface area contributed by atoms with Gasteiger partial charge in [0.25, 0.3) is 0 Å².